The van der Waals surface area contributed by atoms with Crippen LogP contribution in [0, 0.1) is 5.92 Å². The van der Waals surface area contributed by atoms with Crippen molar-refractivity contribution in [2.45, 2.75) is 45.8 Å². The molecule has 1 aromatic rings. The maximum Gasteiger partial charge on any atom is 0.0948 e. The van der Waals surface area contributed by atoms with Crippen molar-refractivity contribution >= 4 is 0 Å². The minimum Gasteiger partial charge on any atom is -0.381 e. The summed E-state index contributed by atoms with van der Waals surface area (Å²) in [7, 11) is 0. The first-order valence-electron chi connectivity index (χ1n) is 6.61. The van der Waals surface area contributed by atoms with E-state index >= 15 is 0 Å². The summed E-state index contributed by atoms with van der Waals surface area (Å²) < 4.78 is 7.58. The SMILES string of the molecule is CCn1cncc1CNC(C)C1CCOCC1. The van der Waals surface area contributed by atoms with Gasteiger partial charge >= 0.3 is 0 Å². The topological polar surface area (TPSA) is 39.1 Å². The Hall–Kier alpha value is -0.870. The number of nitrogens with one attached hydrogen (secondary N) is 1. The Kier molecular flexibility index (Phi) is 4.57. The molecular weight excluding hydrogens is 214 g/mol. The molecule has 0 saturated carbocycles. The summed E-state index contributed by atoms with van der Waals surface area (Å²) in [6.07, 6.45) is 6.21. The molecule has 96 valence electrons. The van der Waals surface area contributed by atoms with E-state index in [2.05, 4.69) is 28.7 Å². The lowest BCUT2D eigenvalue weighted by atomic mass is 9.93. The molecule has 17 heavy (non-hydrogen) atoms. The second-order valence-corrected chi connectivity index (χ2v) is 4.79. The van der Waals surface area contributed by atoms with Crippen molar-refractivity contribution in [2.24, 2.45) is 5.92 Å². The van der Waals surface area contributed by atoms with E-state index in [4.69, 9.17) is 4.74 Å². The molecule has 2 rings (SSSR count). The van der Waals surface area contributed by atoms with Crippen molar-refractivity contribution < 1.29 is 4.74 Å². The van der Waals surface area contributed by atoms with Crippen molar-refractivity contribution in [1.29, 1.82) is 0 Å². The molecule has 1 unspecified atom stereocenters. The summed E-state index contributed by atoms with van der Waals surface area (Å²) in [5.41, 5.74) is 1.27. The maximum atomic E-state index is 5.39. The zero-order valence-electron chi connectivity index (χ0n) is 10.9. The van der Waals surface area contributed by atoms with E-state index in [-0.39, 0.29) is 0 Å². The number of aryl methyl sites for hydroxylation is 1. The number of aromatic nitrogens is 2. The van der Waals surface area contributed by atoms with Crippen LogP contribution in [-0.2, 0) is 17.8 Å². The van der Waals surface area contributed by atoms with E-state index in [9.17, 15) is 0 Å². The lowest BCUT2D eigenvalue weighted by Crippen LogP contribution is -2.36. The lowest BCUT2D eigenvalue weighted by Gasteiger charge is -2.28. The van der Waals surface area contributed by atoms with Crippen LogP contribution < -0.4 is 5.32 Å². The van der Waals surface area contributed by atoms with Crippen molar-refractivity contribution in [1.82, 2.24) is 14.9 Å². The van der Waals surface area contributed by atoms with Crippen molar-refractivity contribution in [2.75, 3.05) is 13.2 Å². The number of imidazole rings is 1. The number of ether oxygens (including phenoxy) is 1. The third kappa shape index (κ3) is 3.30. The molecule has 0 radical (unpaired) electrons. The van der Waals surface area contributed by atoms with E-state index < -0.39 is 0 Å². The highest BCUT2D eigenvalue weighted by Gasteiger charge is 2.20. The predicted molar refractivity (Wildman–Crippen MR) is 67.7 cm³/mol. The van der Waals surface area contributed by atoms with Crippen LogP contribution in [-0.4, -0.2) is 28.8 Å². The molecule has 1 aliphatic heterocycles. The van der Waals surface area contributed by atoms with Gasteiger partial charge in [0.25, 0.3) is 0 Å². The van der Waals surface area contributed by atoms with Gasteiger partial charge in [0.1, 0.15) is 0 Å². The van der Waals surface area contributed by atoms with Gasteiger partial charge in [0.15, 0.2) is 0 Å². The van der Waals surface area contributed by atoms with Crippen molar-refractivity contribution in [3.8, 4) is 0 Å². The van der Waals surface area contributed by atoms with Gasteiger partial charge in [-0.1, -0.05) is 0 Å². The van der Waals surface area contributed by atoms with Crippen LogP contribution >= 0.6 is 0 Å². The van der Waals surface area contributed by atoms with Crippen molar-refractivity contribution in [3.63, 3.8) is 0 Å². The lowest BCUT2D eigenvalue weighted by molar-refractivity contribution is 0.0557. The number of hydrogen-bond acceptors (Lipinski definition) is 3. The number of hydrogen-bond donors (Lipinski definition) is 1. The highest BCUT2D eigenvalue weighted by Crippen LogP contribution is 2.18. The smallest absolute Gasteiger partial charge is 0.0948 e. The van der Waals surface area contributed by atoms with Gasteiger partial charge in [-0.25, -0.2) is 4.98 Å². The van der Waals surface area contributed by atoms with Crippen LogP contribution in [0.15, 0.2) is 12.5 Å². The summed E-state index contributed by atoms with van der Waals surface area (Å²) in [6.45, 7) is 8.16. The van der Waals surface area contributed by atoms with Gasteiger partial charge < -0.3 is 14.6 Å². The van der Waals surface area contributed by atoms with Crippen molar-refractivity contribution in [3.05, 3.63) is 18.2 Å². The summed E-state index contributed by atoms with van der Waals surface area (Å²) in [4.78, 5) is 4.19. The highest BCUT2D eigenvalue weighted by molar-refractivity contribution is 4.98. The maximum absolute atomic E-state index is 5.39. The van der Waals surface area contributed by atoms with Crippen LogP contribution in [0.2, 0.25) is 0 Å². The molecule has 0 aromatic carbocycles. The Labute approximate surface area is 103 Å². The molecule has 0 amide bonds. The van der Waals surface area contributed by atoms with Crippen LogP contribution in [0.25, 0.3) is 0 Å². The molecule has 1 aliphatic rings. The number of nitrogens with zero attached hydrogens (tertiary/aromatic N) is 2. The first-order valence-corrected chi connectivity index (χ1v) is 6.61. The molecule has 4 nitrogen and oxygen atoms in total. The summed E-state index contributed by atoms with van der Waals surface area (Å²) in [5, 5.41) is 3.61. The van der Waals surface area contributed by atoms with E-state index in [0.29, 0.717) is 6.04 Å². The zero-order valence-corrected chi connectivity index (χ0v) is 10.9. The molecule has 1 fully saturated rings. The molecule has 1 saturated heterocycles. The van der Waals surface area contributed by atoms with Gasteiger partial charge in [-0.2, -0.15) is 0 Å². The normalized spacial score (nSPS) is 19.4. The standard InChI is InChI=1S/C13H23N3O/c1-3-16-10-14-8-13(16)9-15-11(2)12-4-6-17-7-5-12/h8,10-12,15H,3-7,9H2,1-2H3. The second kappa shape index (κ2) is 6.17. The van der Waals surface area contributed by atoms with Gasteiger partial charge in [-0.3, -0.25) is 0 Å². The van der Waals surface area contributed by atoms with Gasteiger partial charge in [0.05, 0.1) is 12.0 Å². The van der Waals surface area contributed by atoms with Crippen LogP contribution in [0.4, 0.5) is 0 Å². The van der Waals surface area contributed by atoms with Crippen LogP contribution in [0.3, 0.4) is 0 Å². The Morgan fingerprint density at radius 1 is 1.53 bits per heavy atom. The Morgan fingerprint density at radius 2 is 2.29 bits per heavy atom. The molecule has 0 bridgehead atoms. The monoisotopic (exact) mass is 237 g/mol. The van der Waals surface area contributed by atoms with E-state index in [1.54, 1.807) is 0 Å². The van der Waals surface area contributed by atoms with E-state index in [1.165, 1.54) is 18.5 Å². The Balaban J connectivity index is 1.80. The van der Waals surface area contributed by atoms with Gasteiger partial charge in [-0.15, -0.1) is 0 Å². The fourth-order valence-corrected chi connectivity index (χ4v) is 2.43. The number of rotatable bonds is 5. The van der Waals surface area contributed by atoms with E-state index in [0.717, 1.165) is 32.2 Å². The fourth-order valence-electron chi connectivity index (χ4n) is 2.43. The first-order chi connectivity index (χ1) is 8.31. The molecule has 0 aliphatic carbocycles. The fraction of sp³-hybridized carbons (Fsp3) is 0.769. The van der Waals surface area contributed by atoms with Gasteiger partial charge in [-0.05, 0) is 32.6 Å². The Morgan fingerprint density at radius 3 is 3.00 bits per heavy atom. The highest BCUT2D eigenvalue weighted by atomic mass is 16.5. The second-order valence-electron chi connectivity index (χ2n) is 4.79. The molecular formula is C13H23N3O. The Bertz CT molecular complexity index is 331. The minimum absolute atomic E-state index is 0.555. The summed E-state index contributed by atoms with van der Waals surface area (Å²) in [6, 6.07) is 0.555. The van der Waals surface area contributed by atoms with Gasteiger partial charge in [0, 0.05) is 38.5 Å². The quantitative estimate of drug-likeness (QED) is 0.849. The minimum atomic E-state index is 0.555. The third-order valence-electron chi connectivity index (χ3n) is 3.72. The molecule has 1 aromatic heterocycles. The largest absolute Gasteiger partial charge is 0.381 e. The molecule has 1 atom stereocenters. The van der Waals surface area contributed by atoms with Gasteiger partial charge in [0.2, 0.25) is 0 Å². The van der Waals surface area contributed by atoms with Crippen LogP contribution in [0.5, 0.6) is 0 Å². The zero-order chi connectivity index (χ0) is 12.1. The van der Waals surface area contributed by atoms with E-state index in [1.807, 2.05) is 12.5 Å². The summed E-state index contributed by atoms with van der Waals surface area (Å²) >= 11 is 0. The predicted octanol–water partition coefficient (Wildman–Crippen LogP) is 1.81. The molecule has 2 heterocycles. The summed E-state index contributed by atoms with van der Waals surface area (Å²) in [5.74, 6) is 0.752. The molecule has 0 spiro atoms. The third-order valence-corrected chi connectivity index (χ3v) is 3.72. The van der Waals surface area contributed by atoms with Crippen LogP contribution in [0.1, 0.15) is 32.4 Å². The molecule has 1 N–H and O–H groups in total. The average Bonchev–Trinajstić information content (AvgIpc) is 2.84. The molecule has 4 heteroatoms. The first kappa shape index (κ1) is 12.6. The average molecular weight is 237 g/mol.